The molecule has 1 unspecified atom stereocenters. The molecule has 0 spiro atoms. The maximum Gasteiger partial charge on any atom is 0.222 e. The van der Waals surface area contributed by atoms with Crippen LogP contribution < -0.4 is 5.73 Å². The number of amides is 1. The molecule has 110 valence electrons. The van der Waals surface area contributed by atoms with Crippen molar-refractivity contribution in [2.45, 2.75) is 38.6 Å². The van der Waals surface area contributed by atoms with Crippen LogP contribution in [-0.2, 0) is 11.2 Å². The number of carbonyl (C=O) groups excluding carboxylic acids is 1. The van der Waals surface area contributed by atoms with Crippen molar-refractivity contribution in [3.05, 3.63) is 34.9 Å². The number of carbonyl (C=O) groups is 1. The van der Waals surface area contributed by atoms with E-state index in [4.69, 9.17) is 17.3 Å². The number of benzene rings is 1. The molecular formula is C16H23ClN2O. The summed E-state index contributed by atoms with van der Waals surface area (Å²) in [5.74, 6) is 0.818. The number of halogens is 1. The van der Waals surface area contributed by atoms with Gasteiger partial charge >= 0.3 is 0 Å². The predicted octanol–water partition coefficient (Wildman–Crippen LogP) is 2.86. The van der Waals surface area contributed by atoms with Gasteiger partial charge in [-0.2, -0.15) is 0 Å². The Balaban J connectivity index is 1.77. The van der Waals surface area contributed by atoms with Gasteiger partial charge in [0.2, 0.25) is 5.91 Å². The number of rotatable bonds is 4. The molecule has 20 heavy (non-hydrogen) atoms. The van der Waals surface area contributed by atoms with Gasteiger partial charge in [-0.15, -0.1) is 0 Å². The predicted molar refractivity (Wildman–Crippen MR) is 82.7 cm³/mol. The number of hydrogen-bond acceptors (Lipinski definition) is 2. The first-order chi connectivity index (χ1) is 9.56. The lowest BCUT2D eigenvalue weighted by molar-refractivity contribution is -0.132. The summed E-state index contributed by atoms with van der Waals surface area (Å²) >= 11 is 5.85. The number of nitrogens with two attached hydrogens (primary N) is 1. The van der Waals surface area contributed by atoms with E-state index in [2.05, 4.69) is 6.92 Å². The average Bonchev–Trinajstić information content (AvgIpc) is 2.46. The highest BCUT2D eigenvalue weighted by molar-refractivity contribution is 6.30. The second-order valence-corrected chi connectivity index (χ2v) is 6.14. The quantitative estimate of drug-likeness (QED) is 0.928. The van der Waals surface area contributed by atoms with E-state index < -0.39 is 0 Å². The molecule has 0 aliphatic carbocycles. The lowest BCUT2D eigenvalue weighted by Crippen LogP contribution is -2.42. The third-order valence-electron chi connectivity index (χ3n) is 4.18. The monoisotopic (exact) mass is 294 g/mol. The molecule has 1 saturated heterocycles. The number of nitrogens with zero attached hydrogens (tertiary/aromatic N) is 1. The maximum absolute atomic E-state index is 12.2. The van der Waals surface area contributed by atoms with Crippen LogP contribution in [0.25, 0.3) is 0 Å². The molecule has 1 aromatic rings. The van der Waals surface area contributed by atoms with Gasteiger partial charge in [0, 0.05) is 30.6 Å². The third-order valence-corrected chi connectivity index (χ3v) is 4.43. The van der Waals surface area contributed by atoms with Crippen LogP contribution in [0, 0.1) is 5.92 Å². The highest BCUT2D eigenvalue weighted by atomic mass is 35.5. The summed E-state index contributed by atoms with van der Waals surface area (Å²) in [6.45, 7) is 3.76. The minimum absolute atomic E-state index is 0.237. The molecule has 2 N–H and O–H groups in total. The minimum Gasteiger partial charge on any atom is -0.343 e. The second-order valence-electron chi connectivity index (χ2n) is 5.70. The minimum atomic E-state index is 0.237. The highest BCUT2D eigenvalue weighted by Crippen LogP contribution is 2.20. The number of piperidine rings is 1. The molecular weight excluding hydrogens is 272 g/mol. The summed E-state index contributed by atoms with van der Waals surface area (Å²) in [7, 11) is 0. The molecule has 0 saturated carbocycles. The highest BCUT2D eigenvalue weighted by Gasteiger charge is 2.24. The molecule has 3 nitrogen and oxygen atoms in total. The Morgan fingerprint density at radius 3 is 2.50 bits per heavy atom. The molecule has 1 aliphatic rings. The van der Waals surface area contributed by atoms with E-state index in [1.165, 1.54) is 0 Å². The lowest BCUT2D eigenvalue weighted by Gasteiger charge is -2.33. The van der Waals surface area contributed by atoms with E-state index in [0.717, 1.165) is 42.9 Å². The molecule has 1 atom stereocenters. The molecule has 2 rings (SSSR count). The zero-order chi connectivity index (χ0) is 14.5. The molecule has 0 radical (unpaired) electrons. The van der Waals surface area contributed by atoms with Gasteiger partial charge in [-0.1, -0.05) is 23.7 Å². The molecule has 1 aliphatic heterocycles. The van der Waals surface area contributed by atoms with Crippen molar-refractivity contribution >= 4 is 17.5 Å². The SMILES string of the molecule is CC(N)C1CCN(C(=O)CCc2ccc(Cl)cc2)CC1. The van der Waals surface area contributed by atoms with Crippen molar-refractivity contribution in [3.63, 3.8) is 0 Å². The van der Waals surface area contributed by atoms with Crippen LogP contribution >= 0.6 is 11.6 Å². The standard InChI is InChI=1S/C16H23ClN2O/c1-12(18)14-8-10-19(11-9-14)16(20)7-4-13-2-5-15(17)6-3-13/h2-3,5-6,12,14H,4,7-11,18H2,1H3. The molecule has 1 fully saturated rings. The van der Waals surface area contributed by atoms with Crippen molar-refractivity contribution in [2.24, 2.45) is 11.7 Å². The molecule has 0 bridgehead atoms. The Labute approximate surface area is 126 Å². The first kappa shape index (κ1) is 15.3. The fourth-order valence-corrected chi connectivity index (χ4v) is 2.86. The van der Waals surface area contributed by atoms with Crippen molar-refractivity contribution in [2.75, 3.05) is 13.1 Å². The molecule has 1 amide bonds. The summed E-state index contributed by atoms with van der Waals surface area (Å²) in [6.07, 6.45) is 3.42. The van der Waals surface area contributed by atoms with Crippen LogP contribution in [0.2, 0.25) is 5.02 Å². The fraction of sp³-hybridized carbons (Fsp3) is 0.562. The van der Waals surface area contributed by atoms with Gasteiger partial charge in [0.15, 0.2) is 0 Å². The van der Waals surface area contributed by atoms with E-state index in [1.54, 1.807) is 0 Å². The maximum atomic E-state index is 12.2. The van der Waals surface area contributed by atoms with E-state index in [0.29, 0.717) is 12.3 Å². The van der Waals surface area contributed by atoms with Crippen molar-refractivity contribution < 1.29 is 4.79 Å². The van der Waals surface area contributed by atoms with E-state index >= 15 is 0 Å². The van der Waals surface area contributed by atoms with Crippen LogP contribution in [-0.4, -0.2) is 29.9 Å². The molecule has 4 heteroatoms. The van der Waals surface area contributed by atoms with Crippen molar-refractivity contribution in [3.8, 4) is 0 Å². The van der Waals surface area contributed by atoms with Gasteiger partial charge in [-0.3, -0.25) is 4.79 Å². The third kappa shape index (κ3) is 4.22. The van der Waals surface area contributed by atoms with Gasteiger partial charge in [0.25, 0.3) is 0 Å². The largest absolute Gasteiger partial charge is 0.343 e. The first-order valence-electron chi connectivity index (χ1n) is 7.34. The Morgan fingerprint density at radius 2 is 1.95 bits per heavy atom. The fourth-order valence-electron chi connectivity index (χ4n) is 2.74. The van der Waals surface area contributed by atoms with Crippen LogP contribution in [0.4, 0.5) is 0 Å². The number of likely N-dealkylation sites (tertiary alicyclic amines) is 1. The Hall–Kier alpha value is -1.06. The first-order valence-corrected chi connectivity index (χ1v) is 7.72. The van der Waals surface area contributed by atoms with E-state index in [9.17, 15) is 4.79 Å². The van der Waals surface area contributed by atoms with Gasteiger partial charge in [0.05, 0.1) is 0 Å². The number of aryl methyl sites for hydroxylation is 1. The average molecular weight is 295 g/mol. The van der Waals surface area contributed by atoms with Crippen LogP contribution in [0.5, 0.6) is 0 Å². The second kappa shape index (κ2) is 7.09. The van der Waals surface area contributed by atoms with Gasteiger partial charge in [-0.05, 0) is 49.8 Å². The summed E-state index contributed by atoms with van der Waals surface area (Å²) < 4.78 is 0. The number of hydrogen-bond donors (Lipinski definition) is 1. The molecule has 1 heterocycles. The Bertz CT molecular complexity index is 436. The van der Waals surface area contributed by atoms with E-state index in [-0.39, 0.29) is 11.9 Å². The van der Waals surface area contributed by atoms with Gasteiger partial charge in [-0.25, -0.2) is 0 Å². The molecule has 0 aromatic heterocycles. The van der Waals surface area contributed by atoms with Crippen LogP contribution in [0.15, 0.2) is 24.3 Å². The van der Waals surface area contributed by atoms with Gasteiger partial charge < -0.3 is 10.6 Å². The Morgan fingerprint density at radius 1 is 1.35 bits per heavy atom. The van der Waals surface area contributed by atoms with Crippen molar-refractivity contribution in [1.82, 2.24) is 4.90 Å². The van der Waals surface area contributed by atoms with Crippen LogP contribution in [0.1, 0.15) is 31.7 Å². The summed E-state index contributed by atoms with van der Waals surface area (Å²) in [5.41, 5.74) is 7.08. The smallest absolute Gasteiger partial charge is 0.222 e. The topological polar surface area (TPSA) is 46.3 Å². The van der Waals surface area contributed by atoms with Gasteiger partial charge in [0.1, 0.15) is 0 Å². The summed E-state index contributed by atoms with van der Waals surface area (Å²) in [4.78, 5) is 14.2. The normalized spacial score (nSPS) is 18.1. The lowest BCUT2D eigenvalue weighted by atomic mass is 9.91. The Kier molecular flexibility index (Phi) is 5.44. The molecule has 1 aromatic carbocycles. The van der Waals surface area contributed by atoms with Crippen molar-refractivity contribution in [1.29, 1.82) is 0 Å². The zero-order valence-electron chi connectivity index (χ0n) is 12.0. The van der Waals surface area contributed by atoms with Crippen LogP contribution in [0.3, 0.4) is 0 Å². The van der Waals surface area contributed by atoms with E-state index in [1.807, 2.05) is 29.2 Å². The summed E-state index contributed by atoms with van der Waals surface area (Å²) in [6, 6.07) is 7.95. The zero-order valence-corrected chi connectivity index (χ0v) is 12.8. The summed E-state index contributed by atoms with van der Waals surface area (Å²) in [5, 5.41) is 0.734.